The topological polar surface area (TPSA) is 9.23 Å². The molecule has 0 unspecified atom stereocenters. The highest BCUT2D eigenvalue weighted by molar-refractivity contribution is 5.52. The van der Waals surface area contributed by atoms with Gasteiger partial charge < -0.3 is 4.74 Å². The van der Waals surface area contributed by atoms with E-state index < -0.39 is 11.6 Å². The standard InChI is InChI=1S/C16H20F2O.C2H6/c1-11-3-5-12(6-4-11)7-8-13-9-10-14(19-2)16(18)15(13)17;1-2/h7-12H,3-6H2,1-2H3;1-2H3/b8-7+;. The van der Waals surface area contributed by atoms with Crippen molar-refractivity contribution in [2.45, 2.75) is 46.5 Å². The minimum atomic E-state index is -0.915. The summed E-state index contributed by atoms with van der Waals surface area (Å²) in [6.45, 7) is 6.26. The van der Waals surface area contributed by atoms with Gasteiger partial charge in [-0.15, -0.1) is 0 Å². The zero-order chi connectivity index (χ0) is 15.8. The van der Waals surface area contributed by atoms with E-state index in [1.165, 1.54) is 26.0 Å². The average Bonchev–Trinajstić information content (AvgIpc) is 2.52. The molecule has 3 heteroatoms. The molecule has 1 fully saturated rings. The summed E-state index contributed by atoms with van der Waals surface area (Å²) in [5.74, 6) is -0.525. The average molecular weight is 296 g/mol. The molecule has 0 heterocycles. The first kappa shape index (κ1) is 17.7. The van der Waals surface area contributed by atoms with Crippen LogP contribution in [-0.2, 0) is 0 Å². The van der Waals surface area contributed by atoms with Crippen LogP contribution in [0.5, 0.6) is 5.75 Å². The maximum atomic E-state index is 13.8. The smallest absolute Gasteiger partial charge is 0.201 e. The van der Waals surface area contributed by atoms with Gasteiger partial charge in [0.1, 0.15) is 0 Å². The molecule has 1 aliphatic rings. The predicted molar refractivity (Wildman–Crippen MR) is 84.4 cm³/mol. The maximum Gasteiger partial charge on any atom is 0.201 e. The molecular weight excluding hydrogens is 270 g/mol. The molecule has 0 amide bonds. The van der Waals surface area contributed by atoms with Crippen molar-refractivity contribution in [3.05, 3.63) is 35.4 Å². The Hall–Kier alpha value is -1.38. The molecule has 2 rings (SSSR count). The largest absolute Gasteiger partial charge is 0.494 e. The second-order valence-electron chi connectivity index (χ2n) is 5.36. The zero-order valence-electron chi connectivity index (χ0n) is 13.5. The Morgan fingerprint density at radius 3 is 2.24 bits per heavy atom. The number of allylic oxidation sites excluding steroid dienone is 1. The molecule has 1 nitrogen and oxygen atoms in total. The summed E-state index contributed by atoms with van der Waals surface area (Å²) in [7, 11) is 1.33. The summed E-state index contributed by atoms with van der Waals surface area (Å²) >= 11 is 0. The highest BCUT2D eigenvalue weighted by Crippen LogP contribution is 2.30. The molecular formula is C18H26F2O. The number of rotatable bonds is 3. The second kappa shape index (κ2) is 8.81. The van der Waals surface area contributed by atoms with Crippen molar-refractivity contribution < 1.29 is 13.5 Å². The van der Waals surface area contributed by atoms with Gasteiger partial charge >= 0.3 is 0 Å². The predicted octanol–water partition coefficient (Wildman–Crippen LogP) is 5.84. The van der Waals surface area contributed by atoms with E-state index in [1.807, 2.05) is 19.9 Å². The Morgan fingerprint density at radius 1 is 1.05 bits per heavy atom. The lowest BCUT2D eigenvalue weighted by Crippen LogP contribution is -2.10. The first-order valence-corrected chi connectivity index (χ1v) is 7.82. The van der Waals surface area contributed by atoms with Crippen LogP contribution in [0.3, 0.4) is 0 Å². The van der Waals surface area contributed by atoms with Crippen LogP contribution >= 0.6 is 0 Å². The monoisotopic (exact) mass is 296 g/mol. The molecule has 0 saturated heterocycles. The Morgan fingerprint density at radius 2 is 1.67 bits per heavy atom. The molecule has 0 aromatic heterocycles. The van der Waals surface area contributed by atoms with Crippen molar-refractivity contribution in [3.63, 3.8) is 0 Å². The Labute approximate surface area is 127 Å². The molecule has 0 aliphatic heterocycles. The first-order valence-electron chi connectivity index (χ1n) is 7.82. The minimum absolute atomic E-state index is 0.0545. The van der Waals surface area contributed by atoms with Gasteiger partial charge in [0, 0.05) is 5.56 Å². The van der Waals surface area contributed by atoms with E-state index in [4.69, 9.17) is 4.74 Å². The molecule has 0 bridgehead atoms. The second-order valence-corrected chi connectivity index (χ2v) is 5.36. The lowest BCUT2D eigenvalue weighted by Gasteiger charge is -2.23. The molecule has 21 heavy (non-hydrogen) atoms. The molecule has 1 saturated carbocycles. The van der Waals surface area contributed by atoms with Gasteiger partial charge in [0.15, 0.2) is 11.6 Å². The number of benzene rings is 1. The van der Waals surface area contributed by atoms with Gasteiger partial charge in [0.25, 0.3) is 0 Å². The van der Waals surface area contributed by atoms with Crippen LogP contribution in [0.4, 0.5) is 8.78 Å². The van der Waals surface area contributed by atoms with E-state index in [-0.39, 0.29) is 11.3 Å². The third-order valence-corrected chi connectivity index (χ3v) is 3.91. The van der Waals surface area contributed by atoms with Gasteiger partial charge in [-0.3, -0.25) is 0 Å². The fourth-order valence-electron chi connectivity index (χ4n) is 2.55. The van der Waals surface area contributed by atoms with Crippen molar-refractivity contribution in [2.24, 2.45) is 11.8 Å². The van der Waals surface area contributed by atoms with E-state index >= 15 is 0 Å². The molecule has 1 aromatic carbocycles. The van der Waals surface area contributed by atoms with Gasteiger partial charge in [-0.2, -0.15) is 4.39 Å². The van der Waals surface area contributed by atoms with Gasteiger partial charge in [0.05, 0.1) is 7.11 Å². The highest BCUT2D eigenvalue weighted by atomic mass is 19.2. The highest BCUT2D eigenvalue weighted by Gasteiger charge is 2.16. The number of hydrogen-bond donors (Lipinski definition) is 0. The third-order valence-electron chi connectivity index (χ3n) is 3.91. The first-order chi connectivity index (χ1) is 10.1. The summed E-state index contributed by atoms with van der Waals surface area (Å²) in [6, 6.07) is 3.01. The summed E-state index contributed by atoms with van der Waals surface area (Å²) in [6.07, 6.45) is 8.41. The Balaban J connectivity index is 0.00000106. The fraction of sp³-hybridized carbons (Fsp3) is 0.556. The summed E-state index contributed by atoms with van der Waals surface area (Å²) in [5, 5.41) is 0. The zero-order valence-corrected chi connectivity index (χ0v) is 13.5. The minimum Gasteiger partial charge on any atom is -0.494 e. The normalized spacial score (nSPS) is 21.8. The van der Waals surface area contributed by atoms with Gasteiger partial charge in [-0.05, 0) is 36.8 Å². The van der Waals surface area contributed by atoms with Crippen LogP contribution in [0.1, 0.15) is 52.0 Å². The van der Waals surface area contributed by atoms with E-state index in [0.717, 1.165) is 18.8 Å². The van der Waals surface area contributed by atoms with Crippen molar-refractivity contribution >= 4 is 6.08 Å². The van der Waals surface area contributed by atoms with Gasteiger partial charge in [-0.1, -0.05) is 45.8 Å². The SMILES string of the molecule is CC.COc1ccc(/C=C/C2CCC(C)CC2)c(F)c1F. The van der Waals surface area contributed by atoms with Crippen LogP contribution in [0.15, 0.2) is 18.2 Å². The van der Waals surface area contributed by atoms with E-state index in [0.29, 0.717) is 5.92 Å². The molecule has 0 N–H and O–H groups in total. The fourth-order valence-corrected chi connectivity index (χ4v) is 2.55. The van der Waals surface area contributed by atoms with Crippen molar-refractivity contribution in [1.82, 2.24) is 0 Å². The summed E-state index contributed by atoms with van der Waals surface area (Å²) in [5.41, 5.74) is 0.289. The molecule has 118 valence electrons. The van der Waals surface area contributed by atoms with Crippen LogP contribution < -0.4 is 4.74 Å². The molecule has 0 spiro atoms. The number of halogens is 2. The Bertz CT molecular complexity index is 461. The third kappa shape index (κ3) is 4.83. The van der Waals surface area contributed by atoms with E-state index in [9.17, 15) is 8.78 Å². The number of hydrogen-bond acceptors (Lipinski definition) is 1. The van der Waals surface area contributed by atoms with Crippen LogP contribution in [0.25, 0.3) is 6.08 Å². The van der Waals surface area contributed by atoms with Crippen molar-refractivity contribution in [3.8, 4) is 5.75 Å². The lowest BCUT2D eigenvalue weighted by molar-refractivity contribution is 0.331. The molecule has 1 aliphatic carbocycles. The van der Waals surface area contributed by atoms with E-state index in [2.05, 4.69) is 6.92 Å². The molecule has 1 aromatic rings. The lowest BCUT2D eigenvalue weighted by atomic mass is 9.83. The number of methoxy groups -OCH3 is 1. The van der Waals surface area contributed by atoms with Gasteiger partial charge in [0.2, 0.25) is 5.82 Å². The van der Waals surface area contributed by atoms with Gasteiger partial charge in [-0.25, -0.2) is 4.39 Å². The Kier molecular flexibility index (Phi) is 7.41. The number of ether oxygens (including phenoxy) is 1. The summed E-state index contributed by atoms with van der Waals surface area (Å²) < 4.78 is 32.1. The molecule has 0 radical (unpaired) electrons. The van der Waals surface area contributed by atoms with Crippen molar-refractivity contribution in [1.29, 1.82) is 0 Å². The van der Waals surface area contributed by atoms with Crippen LogP contribution in [0.2, 0.25) is 0 Å². The molecule has 0 atom stereocenters. The van der Waals surface area contributed by atoms with E-state index in [1.54, 1.807) is 12.1 Å². The van der Waals surface area contributed by atoms with Crippen molar-refractivity contribution in [2.75, 3.05) is 7.11 Å². The van der Waals surface area contributed by atoms with Crippen LogP contribution in [0, 0.1) is 23.5 Å². The maximum absolute atomic E-state index is 13.8. The quantitative estimate of drug-likeness (QED) is 0.681. The summed E-state index contributed by atoms with van der Waals surface area (Å²) in [4.78, 5) is 0. The van der Waals surface area contributed by atoms with Crippen LogP contribution in [-0.4, -0.2) is 7.11 Å².